The molecule has 0 amide bonds. The van der Waals surface area contributed by atoms with Gasteiger partial charge in [-0.15, -0.1) is 0 Å². The molecule has 0 unspecified atom stereocenters. The van der Waals surface area contributed by atoms with Gasteiger partial charge in [-0.1, -0.05) is 0 Å². The molecule has 94 valence electrons. The fourth-order valence-corrected chi connectivity index (χ4v) is 1.73. The summed E-state index contributed by atoms with van der Waals surface area (Å²) in [4.78, 5) is 19.9. The Balaban J connectivity index is 2.64. The molecule has 2 aromatic rings. The van der Waals surface area contributed by atoms with Crippen molar-refractivity contribution in [1.29, 1.82) is 0 Å². The molecule has 0 fully saturated rings. The first-order valence-corrected chi connectivity index (χ1v) is 5.64. The van der Waals surface area contributed by atoms with Crippen LogP contribution in [0.3, 0.4) is 0 Å². The van der Waals surface area contributed by atoms with E-state index < -0.39 is 11.8 Å². The van der Waals surface area contributed by atoms with Gasteiger partial charge in [-0.05, 0) is 38.5 Å². The van der Waals surface area contributed by atoms with E-state index in [0.29, 0.717) is 11.2 Å². The Morgan fingerprint density at radius 3 is 2.72 bits per heavy atom. The van der Waals surface area contributed by atoms with Gasteiger partial charge in [0.15, 0.2) is 11.5 Å². The lowest BCUT2D eigenvalue weighted by Gasteiger charge is -2.07. The number of hydrogen-bond acceptors (Lipinski definition) is 4. The first-order valence-electron chi connectivity index (χ1n) is 5.64. The average molecular weight is 248 g/mol. The number of nitrogens with zero attached hydrogens (tertiary/aromatic N) is 2. The quantitative estimate of drug-likeness (QED) is 0.766. The lowest BCUT2D eigenvalue weighted by Crippen LogP contribution is -2.11. The third kappa shape index (κ3) is 2.16. The number of ether oxygens (including phenoxy) is 1. The number of carbonyl (C=O) groups is 1. The molecule has 0 saturated heterocycles. The normalized spacial score (nSPS) is 10.7. The summed E-state index contributed by atoms with van der Waals surface area (Å²) in [6.07, 6.45) is 0. The van der Waals surface area contributed by atoms with Gasteiger partial charge in [0.2, 0.25) is 0 Å². The Bertz CT molecular complexity index is 626. The summed E-state index contributed by atoms with van der Waals surface area (Å²) in [5, 5.41) is 0. The molecule has 1 aromatic carbocycles. The number of esters is 1. The number of fused-ring (bicyclic) bond motifs is 1. The number of hydrogen-bond donors (Lipinski definition) is 0. The van der Waals surface area contributed by atoms with E-state index >= 15 is 0 Å². The van der Waals surface area contributed by atoms with Crippen molar-refractivity contribution in [2.24, 2.45) is 0 Å². The highest BCUT2D eigenvalue weighted by atomic mass is 19.1. The summed E-state index contributed by atoms with van der Waals surface area (Å²) in [6.45, 7) is 5.35. The van der Waals surface area contributed by atoms with Crippen molar-refractivity contribution in [3.8, 4) is 0 Å². The topological polar surface area (TPSA) is 52.1 Å². The molecule has 0 spiro atoms. The number of carbonyl (C=O) groups excluding carboxylic acids is 1. The van der Waals surface area contributed by atoms with Crippen molar-refractivity contribution in [1.82, 2.24) is 9.97 Å². The minimum atomic E-state index is -0.536. The highest BCUT2D eigenvalue weighted by molar-refractivity contribution is 5.91. The standard InChI is InChI=1S/C13H13FN2O2/c1-4-18-13(17)11-8(3)15-12-9(14)5-7(2)6-10(12)16-11/h5-6H,4H2,1-3H3. The van der Waals surface area contributed by atoms with Gasteiger partial charge < -0.3 is 4.74 Å². The lowest BCUT2D eigenvalue weighted by atomic mass is 10.2. The van der Waals surface area contributed by atoms with Crippen molar-refractivity contribution >= 4 is 17.0 Å². The summed E-state index contributed by atoms with van der Waals surface area (Å²) in [7, 11) is 0. The van der Waals surface area contributed by atoms with Crippen molar-refractivity contribution in [3.63, 3.8) is 0 Å². The fraction of sp³-hybridized carbons (Fsp3) is 0.308. The zero-order chi connectivity index (χ0) is 13.3. The van der Waals surface area contributed by atoms with Gasteiger partial charge in [0.1, 0.15) is 5.52 Å². The Labute approximate surface area is 104 Å². The number of aryl methyl sites for hydroxylation is 2. The number of halogens is 1. The van der Waals surface area contributed by atoms with Gasteiger partial charge in [0.05, 0.1) is 17.8 Å². The van der Waals surface area contributed by atoms with Crippen molar-refractivity contribution < 1.29 is 13.9 Å². The predicted molar refractivity (Wildman–Crippen MR) is 64.9 cm³/mol. The maximum atomic E-state index is 13.7. The van der Waals surface area contributed by atoms with Crippen LogP contribution in [0.4, 0.5) is 4.39 Å². The lowest BCUT2D eigenvalue weighted by molar-refractivity contribution is 0.0518. The largest absolute Gasteiger partial charge is 0.461 e. The van der Waals surface area contributed by atoms with Gasteiger partial charge in [-0.25, -0.2) is 19.2 Å². The maximum Gasteiger partial charge on any atom is 0.358 e. The third-order valence-corrected chi connectivity index (χ3v) is 2.51. The predicted octanol–water partition coefficient (Wildman–Crippen LogP) is 2.56. The molecule has 0 atom stereocenters. The smallest absolute Gasteiger partial charge is 0.358 e. The van der Waals surface area contributed by atoms with Gasteiger partial charge in [-0.3, -0.25) is 0 Å². The van der Waals surface area contributed by atoms with Gasteiger partial charge in [-0.2, -0.15) is 0 Å². The summed E-state index contributed by atoms with van der Waals surface area (Å²) in [5.74, 6) is -0.970. The van der Waals surface area contributed by atoms with Crippen LogP contribution in [0, 0.1) is 19.7 Å². The molecule has 0 aliphatic rings. The van der Waals surface area contributed by atoms with Crippen LogP contribution in [0.25, 0.3) is 11.0 Å². The number of benzene rings is 1. The molecule has 1 aromatic heterocycles. The van der Waals surface area contributed by atoms with Crippen LogP contribution in [-0.4, -0.2) is 22.5 Å². The molecule has 0 saturated carbocycles. The molecular formula is C13H13FN2O2. The van der Waals surface area contributed by atoms with Crippen molar-refractivity contribution in [2.75, 3.05) is 6.61 Å². The van der Waals surface area contributed by atoms with Crippen LogP contribution in [0.5, 0.6) is 0 Å². The van der Waals surface area contributed by atoms with Crippen LogP contribution in [0.2, 0.25) is 0 Å². The summed E-state index contributed by atoms with van der Waals surface area (Å²) < 4.78 is 18.6. The zero-order valence-electron chi connectivity index (χ0n) is 10.5. The van der Waals surface area contributed by atoms with Crippen molar-refractivity contribution in [3.05, 3.63) is 34.9 Å². The van der Waals surface area contributed by atoms with E-state index in [0.717, 1.165) is 5.56 Å². The molecule has 0 radical (unpaired) electrons. The molecule has 0 aliphatic heterocycles. The molecular weight excluding hydrogens is 235 g/mol. The molecule has 0 bridgehead atoms. The van der Waals surface area contributed by atoms with Crippen LogP contribution in [0.15, 0.2) is 12.1 Å². The van der Waals surface area contributed by atoms with Crippen LogP contribution >= 0.6 is 0 Å². The molecule has 5 heteroatoms. The van der Waals surface area contributed by atoms with Gasteiger partial charge in [0.25, 0.3) is 0 Å². The molecule has 2 rings (SSSR count). The Morgan fingerprint density at radius 2 is 2.06 bits per heavy atom. The Kier molecular flexibility index (Phi) is 3.23. The van der Waals surface area contributed by atoms with E-state index in [4.69, 9.17) is 4.74 Å². The van der Waals surface area contributed by atoms with E-state index in [1.807, 2.05) is 0 Å². The molecule has 0 N–H and O–H groups in total. The Morgan fingerprint density at radius 1 is 1.33 bits per heavy atom. The summed E-state index contributed by atoms with van der Waals surface area (Å²) >= 11 is 0. The third-order valence-electron chi connectivity index (χ3n) is 2.51. The van der Waals surface area contributed by atoms with Crippen molar-refractivity contribution in [2.45, 2.75) is 20.8 Å². The molecule has 18 heavy (non-hydrogen) atoms. The monoisotopic (exact) mass is 248 g/mol. The number of rotatable bonds is 2. The van der Waals surface area contributed by atoms with E-state index in [9.17, 15) is 9.18 Å². The first kappa shape index (κ1) is 12.4. The second-order valence-electron chi connectivity index (χ2n) is 3.99. The fourth-order valence-electron chi connectivity index (χ4n) is 1.73. The summed E-state index contributed by atoms with van der Waals surface area (Å²) in [5.41, 5.74) is 1.76. The second kappa shape index (κ2) is 4.68. The van der Waals surface area contributed by atoms with E-state index in [1.54, 1.807) is 26.8 Å². The van der Waals surface area contributed by atoms with Gasteiger partial charge >= 0.3 is 5.97 Å². The van der Waals surface area contributed by atoms with Crippen LogP contribution in [-0.2, 0) is 4.74 Å². The van der Waals surface area contributed by atoms with E-state index in [1.165, 1.54) is 6.07 Å². The van der Waals surface area contributed by atoms with Gasteiger partial charge in [0, 0.05) is 0 Å². The van der Waals surface area contributed by atoms with Crippen LogP contribution < -0.4 is 0 Å². The number of aromatic nitrogens is 2. The Hall–Kier alpha value is -2.04. The zero-order valence-corrected chi connectivity index (χ0v) is 10.5. The maximum absolute atomic E-state index is 13.7. The highest BCUT2D eigenvalue weighted by Crippen LogP contribution is 2.18. The minimum absolute atomic E-state index is 0.134. The molecule has 4 nitrogen and oxygen atoms in total. The highest BCUT2D eigenvalue weighted by Gasteiger charge is 2.16. The van der Waals surface area contributed by atoms with E-state index in [-0.39, 0.29) is 17.8 Å². The molecule has 1 heterocycles. The first-order chi connectivity index (χ1) is 8.52. The van der Waals surface area contributed by atoms with E-state index in [2.05, 4.69) is 9.97 Å². The SMILES string of the molecule is CCOC(=O)c1nc2cc(C)cc(F)c2nc1C. The average Bonchev–Trinajstić information content (AvgIpc) is 2.29. The second-order valence-corrected chi connectivity index (χ2v) is 3.99. The minimum Gasteiger partial charge on any atom is -0.461 e. The van der Waals surface area contributed by atoms with Crippen LogP contribution in [0.1, 0.15) is 28.7 Å². The summed E-state index contributed by atoms with van der Waals surface area (Å²) in [6, 6.07) is 3.08. The molecule has 0 aliphatic carbocycles.